The third kappa shape index (κ3) is 3.59. The molecule has 1 unspecified atom stereocenters. The van der Waals surface area contributed by atoms with E-state index in [1.54, 1.807) is 0 Å². The smallest absolute Gasteiger partial charge is 0.234 e. The van der Waals surface area contributed by atoms with E-state index in [-0.39, 0.29) is 16.3 Å². The van der Waals surface area contributed by atoms with Crippen LogP contribution in [0.15, 0.2) is 28.7 Å². The molecule has 4 heteroatoms. The third-order valence-electron chi connectivity index (χ3n) is 2.36. The van der Waals surface area contributed by atoms with Crippen LogP contribution in [-0.2, 0) is 10.3 Å². The monoisotopic (exact) mass is 347 g/mol. The summed E-state index contributed by atoms with van der Waals surface area (Å²) in [6, 6.07) is 7.95. The van der Waals surface area contributed by atoms with Crippen LogP contribution in [0.2, 0.25) is 0 Å². The maximum Gasteiger partial charge on any atom is 0.234 e. The summed E-state index contributed by atoms with van der Waals surface area (Å²) in [5.74, 6) is -0.00656. The van der Waals surface area contributed by atoms with E-state index in [9.17, 15) is 4.79 Å². The predicted octanol–water partition coefficient (Wildman–Crippen LogP) is 3.58. The molecule has 0 aliphatic carbocycles. The number of benzene rings is 1. The first kappa shape index (κ1) is 13.7. The normalized spacial score (nSPS) is 13.3. The van der Waals surface area contributed by atoms with E-state index in [0.29, 0.717) is 0 Å². The van der Waals surface area contributed by atoms with E-state index in [1.807, 2.05) is 45.0 Å². The SMILES string of the molecule is CC(Br)C(=O)NC(C)(C)c1ccc(Br)cc1. The highest BCUT2D eigenvalue weighted by Gasteiger charge is 2.24. The molecular formula is C12H15Br2NO. The van der Waals surface area contributed by atoms with Crippen molar-refractivity contribution in [1.82, 2.24) is 5.32 Å². The Hall–Kier alpha value is -0.350. The molecule has 0 saturated heterocycles. The Bertz CT molecular complexity index is 371. The Labute approximate surface area is 113 Å². The van der Waals surface area contributed by atoms with E-state index in [4.69, 9.17) is 0 Å². The fraction of sp³-hybridized carbons (Fsp3) is 0.417. The van der Waals surface area contributed by atoms with Crippen molar-refractivity contribution in [2.75, 3.05) is 0 Å². The molecule has 1 aromatic carbocycles. The van der Waals surface area contributed by atoms with Gasteiger partial charge in [0.05, 0.1) is 10.4 Å². The molecule has 0 aromatic heterocycles. The summed E-state index contributed by atoms with van der Waals surface area (Å²) in [6.07, 6.45) is 0. The molecule has 0 radical (unpaired) electrons. The van der Waals surface area contributed by atoms with Crippen LogP contribution in [0.1, 0.15) is 26.3 Å². The predicted molar refractivity (Wildman–Crippen MR) is 73.7 cm³/mol. The number of carbonyl (C=O) groups excluding carboxylic acids is 1. The zero-order chi connectivity index (χ0) is 12.3. The standard InChI is InChI=1S/C12H15Br2NO/c1-8(13)11(16)15-12(2,3)9-4-6-10(14)7-5-9/h4-8H,1-3H3,(H,15,16). The van der Waals surface area contributed by atoms with Crippen LogP contribution in [0.25, 0.3) is 0 Å². The second kappa shape index (κ2) is 5.32. The Kier molecular flexibility index (Phi) is 4.56. The minimum absolute atomic E-state index is 0.00656. The van der Waals surface area contributed by atoms with Crippen LogP contribution >= 0.6 is 31.9 Å². The van der Waals surface area contributed by atoms with Crippen molar-refractivity contribution in [3.8, 4) is 0 Å². The van der Waals surface area contributed by atoms with Gasteiger partial charge in [0.15, 0.2) is 0 Å². The molecule has 0 spiro atoms. The molecule has 0 fully saturated rings. The Morgan fingerprint density at radius 2 is 1.81 bits per heavy atom. The average Bonchev–Trinajstić information content (AvgIpc) is 2.17. The van der Waals surface area contributed by atoms with Gasteiger partial charge >= 0.3 is 0 Å². The fourth-order valence-electron chi connectivity index (χ4n) is 1.35. The zero-order valence-electron chi connectivity index (χ0n) is 9.55. The number of carbonyl (C=O) groups is 1. The summed E-state index contributed by atoms with van der Waals surface area (Å²) in [5, 5.41) is 2.99. The first-order chi connectivity index (χ1) is 7.33. The van der Waals surface area contributed by atoms with Crippen LogP contribution in [-0.4, -0.2) is 10.7 Å². The third-order valence-corrected chi connectivity index (χ3v) is 3.31. The van der Waals surface area contributed by atoms with E-state index in [1.165, 1.54) is 0 Å². The quantitative estimate of drug-likeness (QED) is 0.831. The molecule has 1 N–H and O–H groups in total. The van der Waals surface area contributed by atoms with Gasteiger partial charge in [0.2, 0.25) is 5.91 Å². The highest BCUT2D eigenvalue weighted by Crippen LogP contribution is 2.22. The number of amides is 1. The van der Waals surface area contributed by atoms with Crippen molar-refractivity contribution >= 4 is 37.8 Å². The zero-order valence-corrected chi connectivity index (χ0v) is 12.7. The van der Waals surface area contributed by atoms with E-state index in [2.05, 4.69) is 37.2 Å². The van der Waals surface area contributed by atoms with Crippen molar-refractivity contribution in [1.29, 1.82) is 0 Å². The lowest BCUT2D eigenvalue weighted by molar-refractivity contribution is -0.121. The molecule has 1 amide bonds. The minimum Gasteiger partial charge on any atom is -0.346 e. The highest BCUT2D eigenvalue weighted by atomic mass is 79.9. The van der Waals surface area contributed by atoms with Crippen LogP contribution in [0, 0.1) is 0 Å². The molecule has 88 valence electrons. The van der Waals surface area contributed by atoms with Crippen molar-refractivity contribution in [2.45, 2.75) is 31.1 Å². The van der Waals surface area contributed by atoms with Crippen molar-refractivity contribution < 1.29 is 4.79 Å². The lowest BCUT2D eigenvalue weighted by Crippen LogP contribution is -2.43. The van der Waals surface area contributed by atoms with E-state index in [0.717, 1.165) is 10.0 Å². The van der Waals surface area contributed by atoms with Crippen LogP contribution < -0.4 is 5.32 Å². The lowest BCUT2D eigenvalue weighted by Gasteiger charge is -2.27. The summed E-state index contributed by atoms with van der Waals surface area (Å²) in [4.78, 5) is 11.5. The van der Waals surface area contributed by atoms with Crippen LogP contribution in [0.3, 0.4) is 0 Å². The van der Waals surface area contributed by atoms with Gasteiger partial charge in [-0.2, -0.15) is 0 Å². The maximum atomic E-state index is 11.6. The summed E-state index contributed by atoms with van der Waals surface area (Å²) in [5.41, 5.74) is 0.719. The molecule has 0 saturated carbocycles. The average molecular weight is 349 g/mol. The molecule has 0 aliphatic rings. The van der Waals surface area contributed by atoms with Gasteiger partial charge in [-0.3, -0.25) is 4.79 Å². The molecule has 1 aromatic rings. The van der Waals surface area contributed by atoms with Gasteiger partial charge in [0.1, 0.15) is 0 Å². The summed E-state index contributed by atoms with van der Waals surface area (Å²) >= 11 is 6.65. The lowest BCUT2D eigenvalue weighted by atomic mass is 9.94. The topological polar surface area (TPSA) is 29.1 Å². The van der Waals surface area contributed by atoms with Gasteiger partial charge in [-0.15, -0.1) is 0 Å². The molecule has 0 bridgehead atoms. The second-order valence-corrected chi connectivity index (χ2v) is 6.53. The van der Waals surface area contributed by atoms with Crippen LogP contribution in [0.5, 0.6) is 0 Å². The molecular weight excluding hydrogens is 334 g/mol. The Morgan fingerprint density at radius 3 is 2.25 bits per heavy atom. The molecule has 1 rings (SSSR count). The molecule has 0 aliphatic heterocycles. The van der Waals surface area contributed by atoms with Gasteiger partial charge in [-0.05, 0) is 38.5 Å². The Balaban J connectivity index is 2.85. The van der Waals surface area contributed by atoms with Gasteiger partial charge in [0.25, 0.3) is 0 Å². The van der Waals surface area contributed by atoms with Gasteiger partial charge in [-0.25, -0.2) is 0 Å². The van der Waals surface area contributed by atoms with Gasteiger partial charge in [-0.1, -0.05) is 44.0 Å². The highest BCUT2D eigenvalue weighted by molar-refractivity contribution is 9.10. The summed E-state index contributed by atoms with van der Waals surface area (Å²) < 4.78 is 1.03. The maximum absolute atomic E-state index is 11.6. The van der Waals surface area contributed by atoms with Crippen molar-refractivity contribution in [3.63, 3.8) is 0 Å². The first-order valence-corrected chi connectivity index (χ1v) is 6.76. The van der Waals surface area contributed by atoms with Crippen LogP contribution in [0.4, 0.5) is 0 Å². The van der Waals surface area contributed by atoms with Crippen molar-refractivity contribution in [2.24, 2.45) is 0 Å². The largest absolute Gasteiger partial charge is 0.346 e. The number of hydrogen-bond donors (Lipinski definition) is 1. The second-order valence-electron chi connectivity index (χ2n) is 4.24. The minimum atomic E-state index is -0.361. The molecule has 16 heavy (non-hydrogen) atoms. The van der Waals surface area contributed by atoms with Gasteiger partial charge < -0.3 is 5.32 Å². The number of nitrogens with one attached hydrogen (secondary N) is 1. The molecule has 2 nitrogen and oxygen atoms in total. The summed E-state index contributed by atoms with van der Waals surface area (Å²) in [7, 11) is 0. The number of rotatable bonds is 3. The molecule has 0 heterocycles. The van der Waals surface area contributed by atoms with E-state index < -0.39 is 0 Å². The first-order valence-electron chi connectivity index (χ1n) is 5.05. The number of alkyl halides is 1. The molecule has 1 atom stereocenters. The fourth-order valence-corrected chi connectivity index (χ4v) is 1.72. The van der Waals surface area contributed by atoms with Crippen molar-refractivity contribution in [3.05, 3.63) is 34.3 Å². The number of hydrogen-bond acceptors (Lipinski definition) is 1. The number of halogens is 2. The Morgan fingerprint density at radius 1 is 1.31 bits per heavy atom. The van der Waals surface area contributed by atoms with Gasteiger partial charge in [0, 0.05) is 4.47 Å². The summed E-state index contributed by atoms with van der Waals surface area (Å²) in [6.45, 7) is 5.79. The van der Waals surface area contributed by atoms with E-state index >= 15 is 0 Å².